The number of benzene rings is 2. The highest BCUT2D eigenvalue weighted by molar-refractivity contribution is 5.94. The van der Waals surface area contributed by atoms with Gasteiger partial charge in [0.25, 0.3) is 0 Å². The Balaban J connectivity index is 1.17. The van der Waals surface area contributed by atoms with E-state index in [-0.39, 0.29) is 12.3 Å². The van der Waals surface area contributed by atoms with Gasteiger partial charge >= 0.3 is 5.97 Å². The largest absolute Gasteiger partial charge is 0.489 e. The molecule has 0 aliphatic rings. The molecule has 0 saturated heterocycles. The predicted molar refractivity (Wildman–Crippen MR) is 181 cm³/mol. The van der Waals surface area contributed by atoms with Crippen molar-refractivity contribution in [3.8, 4) is 5.75 Å². The van der Waals surface area contributed by atoms with Crippen LogP contribution in [0.15, 0.2) is 91.3 Å². The van der Waals surface area contributed by atoms with Crippen LogP contribution in [0, 0.1) is 5.41 Å². The molecule has 240 valence electrons. The quantitative estimate of drug-likeness (QED) is 0.108. The Morgan fingerprint density at radius 3 is 2.43 bits per heavy atom. The molecule has 0 saturated carbocycles. The maximum absolute atomic E-state index is 12.6. The molecule has 0 unspecified atom stereocenters. The van der Waals surface area contributed by atoms with Crippen LogP contribution in [0.25, 0.3) is 12.2 Å². The second-order valence-electron chi connectivity index (χ2n) is 11.3. The second kappa shape index (κ2) is 17.6. The fourth-order valence-corrected chi connectivity index (χ4v) is 5.08. The number of unbranched alkanes of at least 4 members (excludes halogenated alkanes) is 1. The fourth-order valence-electron chi connectivity index (χ4n) is 5.08. The van der Waals surface area contributed by atoms with Gasteiger partial charge < -0.3 is 19.9 Å². The molecule has 0 aliphatic carbocycles. The van der Waals surface area contributed by atoms with Gasteiger partial charge in [0.1, 0.15) is 12.4 Å². The highest BCUT2D eigenvalue weighted by atomic mass is 16.5. The molecule has 0 fully saturated rings. The minimum atomic E-state index is -1.05. The summed E-state index contributed by atoms with van der Waals surface area (Å²) in [6, 6.07) is 25.4. The van der Waals surface area contributed by atoms with Crippen molar-refractivity contribution in [2.24, 2.45) is 5.41 Å². The van der Waals surface area contributed by atoms with E-state index in [4.69, 9.17) is 9.47 Å². The van der Waals surface area contributed by atoms with Gasteiger partial charge in [0, 0.05) is 36.7 Å². The zero-order valence-electron chi connectivity index (χ0n) is 26.7. The summed E-state index contributed by atoms with van der Waals surface area (Å²) in [5.74, 6) is -0.396. The molecular weight excluding hydrogens is 578 g/mol. The lowest BCUT2D eigenvalue weighted by atomic mass is 9.79. The molecule has 0 aliphatic heterocycles. The van der Waals surface area contributed by atoms with Crippen LogP contribution in [0.1, 0.15) is 74.0 Å². The Bertz CT molecular complexity index is 1570. The molecule has 0 bridgehead atoms. The number of aryl methyl sites for hydroxylation is 1. The topological polar surface area (TPSA) is 111 Å². The summed E-state index contributed by atoms with van der Waals surface area (Å²) < 4.78 is 11.7. The van der Waals surface area contributed by atoms with Gasteiger partial charge in [-0.1, -0.05) is 56.3 Å². The molecule has 46 heavy (non-hydrogen) atoms. The molecule has 0 spiro atoms. The maximum atomic E-state index is 12.6. The molecule has 8 heteroatoms. The maximum Gasteiger partial charge on any atom is 0.310 e. The summed E-state index contributed by atoms with van der Waals surface area (Å²) in [6.45, 7) is 5.22. The number of carbonyl (C=O) groups excluding carboxylic acids is 1. The summed E-state index contributed by atoms with van der Waals surface area (Å²) in [4.78, 5) is 33.2. The van der Waals surface area contributed by atoms with Crippen molar-refractivity contribution < 1.29 is 24.2 Å². The van der Waals surface area contributed by atoms with Crippen molar-refractivity contribution in [2.75, 3.05) is 11.9 Å². The van der Waals surface area contributed by atoms with Gasteiger partial charge in [-0.25, -0.2) is 0 Å². The second-order valence-corrected chi connectivity index (χ2v) is 11.3. The fraction of sp³-hybridized carbons (Fsp3) is 0.316. The molecule has 2 aromatic carbocycles. The number of nitrogens with zero attached hydrogens (tertiary/aromatic N) is 2. The number of nitrogens with one attached hydrogen (secondary N) is 1. The van der Waals surface area contributed by atoms with E-state index in [1.807, 2.05) is 79.0 Å². The highest BCUT2D eigenvalue weighted by Crippen LogP contribution is 2.31. The third kappa shape index (κ3) is 10.7. The van der Waals surface area contributed by atoms with E-state index < -0.39 is 11.4 Å². The molecule has 2 N–H and O–H groups in total. The van der Waals surface area contributed by atoms with Gasteiger partial charge in [0.2, 0.25) is 5.91 Å². The number of pyridine rings is 2. The van der Waals surface area contributed by atoms with Crippen molar-refractivity contribution in [1.82, 2.24) is 9.97 Å². The van der Waals surface area contributed by atoms with Gasteiger partial charge in [0.15, 0.2) is 0 Å². The van der Waals surface area contributed by atoms with E-state index in [2.05, 4.69) is 27.4 Å². The molecule has 4 rings (SSSR count). The Kier molecular flexibility index (Phi) is 13.0. The van der Waals surface area contributed by atoms with Crippen LogP contribution in [-0.4, -0.2) is 33.6 Å². The molecular formula is C38H43N3O5. The molecule has 0 atom stereocenters. The standard InChI is InChI=1S/C38H43N3O5/c1-3-38(4-2,37(43)44)25-36(42)41-33-14-7-11-30(24-33)16-19-32-13-8-15-34(40-32)28-45-23-6-5-10-29-17-20-35(21-18-29)46-27-31-12-9-22-39-26-31/h7-9,11-22,24,26H,3-6,10,23,25,27-28H2,1-2H3,(H,41,42)(H,43,44)/b19-16+. The summed E-state index contributed by atoms with van der Waals surface area (Å²) in [5.41, 5.74) is 4.45. The minimum absolute atomic E-state index is 0.0633. The lowest BCUT2D eigenvalue weighted by Crippen LogP contribution is -2.34. The number of carbonyl (C=O) groups is 2. The molecule has 4 aromatic rings. The SMILES string of the molecule is CCC(CC)(CC(=O)Nc1cccc(/C=C/c2cccc(COCCCCc3ccc(OCc4cccnc4)cc3)n2)c1)C(=O)O. The van der Waals surface area contributed by atoms with Crippen LogP contribution in [0.2, 0.25) is 0 Å². The predicted octanol–water partition coefficient (Wildman–Crippen LogP) is 7.99. The molecule has 2 aromatic heterocycles. The van der Waals surface area contributed by atoms with E-state index in [1.54, 1.807) is 26.1 Å². The number of carboxylic acid groups (broad SMARTS) is 1. The average molecular weight is 622 g/mol. The number of carboxylic acids is 1. The van der Waals surface area contributed by atoms with Crippen molar-refractivity contribution >= 4 is 29.7 Å². The van der Waals surface area contributed by atoms with E-state index in [0.717, 1.165) is 47.5 Å². The van der Waals surface area contributed by atoms with Gasteiger partial charge in [0.05, 0.1) is 23.4 Å². The molecule has 0 radical (unpaired) electrons. The van der Waals surface area contributed by atoms with Gasteiger partial charge in [-0.2, -0.15) is 0 Å². The Morgan fingerprint density at radius 2 is 1.70 bits per heavy atom. The zero-order chi connectivity index (χ0) is 32.6. The summed E-state index contributed by atoms with van der Waals surface area (Å²) in [6.07, 6.45) is 11.1. The molecule has 2 heterocycles. The van der Waals surface area contributed by atoms with E-state index in [9.17, 15) is 14.7 Å². The first-order valence-corrected chi connectivity index (χ1v) is 15.8. The van der Waals surface area contributed by atoms with Crippen molar-refractivity contribution in [3.63, 3.8) is 0 Å². The van der Waals surface area contributed by atoms with Crippen molar-refractivity contribution in [3.05, 3.63) is 119 Å². The Labute approximate surface area is 271 Å². The average Bonchev–Trinajstić information content (AvgIpc) is 3.08. The number of anilines is 1. The normalized spacial score (nSPS) is 11.4. The van der Waals surface area contributed by atoms with Crippen molar-refractivity contribution in [2.45, 2.75) is 65.6 Å². The number of hydrogen-bond acceptors (Lipinski definition) is 6. The first-order chi connectivity index (χ1) is 22.4. The Hall–Kier alpha value is -4.82. The lowest BCUT2D eigenvalue weighted by Gasteiger charge is -2.25. The smallest absolute Gasteiger partial charge is 0.310 e. The van der Waals surface area contributed by atoms with E-state index in [0.29, 0.717) is 38.3 Å². The van der Waals surface area contributed by atoms with Crippen LogP contribution in [-0.2, 0) is 34.0 Å². The van der Waals surface area contributed by atoms with Crippen LogP contribution in [0.3, 0.4) is 0 Å². The first kappa shape index (κ1) is 34.1. The summed E-state index contributed by atoms with van der Waals surface area (Å²) in [5, 5.41) is 12.5. The number of ether oxygens (including phenoxy) is 2. The van der Waals surface area contributed by atoms with Crippen LogP contribution < -0.4 is 10.1 Å². The third-order valence-electron chi connectivity index (χ3n) is 8.06. The number of aliphatic carboxylic acids is 1. The van der Waals surface area contributed by atoms with Gasteiger partial charge in [-0.3, -0.25) is 19.6 Å². The first-order valence-electron chi connectivity index (χ1n) is 15.8. The minimum Gasteiger partial charge on any atom is -0.489 e. The van der Waals surface area contributed by atoms with Crippen LogP contribution >= 0.6 is 0 Å². The monoisotopic (exact) mass is 621 g/mol. The Morgan fingerprint density at radius 1 is 0.891 bits per heavy atom. The number of rotatable bonds is 18. The molecule has 1 amide bonds. The highest BCUT2D eigenvalue weighted by Gasteiger charge is 2.37. The van der Waals surface area contributed by atoms with E-state index >= 15 is 0 Å². The van der Waals surface area contributed by atoms with Gasteiger partial charge in [-0.05, 0) is 91.8 Å². The number of aromatic nitrogens is 2. The lowest BCUT2D eigenvalue weighted by molar-refractivity contribution is -0.151. The number of hydrogen-bond donors (Lipinski definition) is 2. The van der Waals surface area contributed by atoms with E-state index in [1.165, 1.54) is 5.56 Å². The summed E-state index contributed by atoms with van der Waals surface area (Å²) in [7, 11) is 0. The number of amides is 1. The van der Waals surface area contributed by atoms with Crippen molar-refractivity contribution in [1.29, 1.82) is 0 Å². The van der Waals surface area contributed by atoms with Crippen LogP contribution in [0.4, 0.5) is 5.69 Å². The third-order valence-corrected chi connectivity index (χ3v) is 8.06. The zero-order valence-corrected chi connectivity index (χ0v) is 26.7. The van der Waals surface area contributed by atoms with Crippen LogP contribution in [0.5, 0.6) is 5.75 Å². The van der Waals surface area contributed by atoms with Gasteiger partial charge in [-0.15, -0.1) is 0 Å². The summed E-state index contributed by atoms with van der Waals surface area (Å²) >= 11 is 0. The molecule has 8 nitrogen and oxygen atoms in total.